The van der Waals surface area contributed by atoms with Crippen LogP contribution in [-0.4, -0.2) is 96.9 Å². The average Bonchev–Trinajstić information content (AvgIpc) is 3.77. The van der Waals surface area contributed by atoms with Gasteiger partial charge in [0.05, 0.1) is 23.6 Å². The molecule has 0 atom stereocenters. The predicted octanol–water partition coefficient (Wildman–Crippen LogP) is 4.91. The number of likely N-dealkylation sites (N-methyl/N-ethyl adjacent to an activating group) is 1. The smallest absolute Gasteiger partial charge is 0.356 e. The molecule has 0 saturated carbocycles. The Bertz CT molecular complexity index is 1960. The number of pyridine rings is 1. The molecule has 5 aromatic rings. The fourth-order valence-corrected chi connectivity index (χ4v) is 7.38. The van der Waals surface area contributed by atoms with Crippen LogP contribution in [0.5, 0.6) is 0 Å². The highest BCUT2D eigenvalue weighted by molar-refractivity contribution is 5.97. The second-order valence-corrected chi connectivity index (χ2v) is 13.3. The maximum atomic E-state index is 11.1. The van der Waals surface area contributed by atoms with Crippen LogP contribution in [0, 0.1) is 5.92 Å². The Morgan fingerprint density at radius 3 is 2.58 bits per heavy atom. The second-order valence-electron chi connectivity index (χ2n) is 13.3. The van der Waals surface area contributed by atoms with Crippen molar-refractivity contribution < 1.29 is 19.4 Å². The Morgan fingerprint density at radius 2 is 1.84 bits per heavy atom. The van der Waals surface area contributed by atoms with Gasteiger partial charge < -0.3 is 24.4 Å². The summed E-state index contributed by atoms with van der Waals surface area (Å²) in [7, 11) is 2.19. The molecule has 2 fully saturated rings. The highest BCUT2D eigenvalue weighted by Crippen LogP contribution is 2.37. The zero-order chi connectivity index (χ0) is 34.6. The molecule has 2 saturated heterocycles. The number of fused-ring (bicyclic) bond motifs is 2. The molecule has 4 aromatic heterocycles. The summed E-state index contributed by atoms with van der Waals surface area (Å²) in [5, 5.41) is 29.3. The van der Waals surface area contributed by atoms with Crippen molar-refractivity contribution in [3.8, 4) is 22.5 Å². The van der Waals surface area contributed by atoms with Crippen molar-refractivity contribution in [3.05, 3.63) is 71.9 Å². The van der Waals surface area contributed by atoms with Crippen molar-refractivity contribution in [2.24, 2.45) is 5.92 Å². The van der Waals surface area contributed by atoms with Crippen molar-refractivity contribution in [1.82, 2.24) is 39.6 Å². The number of hydrogen-bond acceptors (Lipinski definition) is 10. The molecule has 13 heteroatoms. The van der Waals surface area contributed by atoms with E-state index in [2.05, 4.69) is 62.2 Å². The Kier molecular flexibility index (Phi) is 9.95. The maximum Gasteiger partial charge on any atom is 0.356 e. The molecule has 260 valence electrons. The van der Waals surface area contributed by atoms with Crippen LogP contribution in [0.2, 0.25) is 0 Å². The summed E-state index contributed by atoms with van der Waals surface area (Å²) in [5.74, 6) is 0.147. The van der Waals surface area contributed by atoms with E-state index in [1.807, 2.05) is 17.1 Å². The Balaban J connectivity index is 0.00000126. The molecule has 1 N–H and O–H groups in total. The van der Waals surface area contributed by atoms with Gasteiger partial charge in [0.1, 0.15) is 6.29 Å². The highest BCUT2D eigenvalue weighted by atomic mass is 16.5. The van der Waals surface area contributed by atoms with E-state index in [4.69, 9.17) is 29.8 Å². The van der Waals surface area contributed by atoms with Gasteiger partial charge in [0.2, 0.25) is 0 Å². The number of benzene rings is 1. The lowest BCUT2D eigenvalue weighted by molar-refractivity contribution is -0.106. The van der Waals surface area contributed by atoms with E-state index in [0.29, 0.717) is 12.0 Å². The van der Waals surface area contributed by atoms with Crippen LogP contribution in [0.25, 0.3) is 33.3 Å². The molecular weight excluding hydrogens is 634 g/mol. The molecule has 13 nitrogen and oxygen atoms in total. The number of hydrogen-bond donors (Lipinski definition) is 1. The normalized spacial score (nSPS) is 17.3. The number of ether oxygens (including phenoxy) is 1. The first-order chi connectivity index (χ1) is 24.4. The van der Waals surface area contributed by atoms with Gasteiger partial charge in [-0.3, -0.25) is 14.3 Å². The Hall–Kier alpha value is -5.01. The summed E-state index contributed by atoms with van der Waals surface area (Å²) in [6.45, 7) is 7.53. The zero-order valence-electron chi connectivity index (χ0n) is 28.6. The number of carboxylic acid groups (broad SMARTS) is 1. The molecule has 0 spiro atoms. The third-order valence-electron chi connectivity index (χ3n) is 10.0. The number of carboxylic acids is 1. The van der Waals surface area contributed by atoms with Gasteiger partial charge in [-0.2, -0.15) is 10.2 Å². The SMILES string of the molecule is CC=O.CN1CCc2c(c(-c3cccc4cc(-c5cnn(CC6CCN(c7ccc(C(=O)O)nn7)CC6)c5)ncc34)nn2C2CCOCC2)C1. The molecule has 3 aliphatic rings. The first kappa shape index (κ1) is 33.5. The van der Waals surface area contributed by atoms with Gasteiger partial charge >= 0.3 is 5.97 Å². The number of anilines is 1. The van der Waals surface area contributed by atoms with Gasteiger partial charge in [-0.15, -0.1) is 10.2 Å². The number of carbonyl (C=O) groups excluding carboxylic acids is 1. The number of aromatic carboxylic acids is 1. The topological polar surface area (TPSA) is 144 Å². The van der Waals surface area contributed by atoms with Crippen LogP contribution >= 0.6 is 0 Å². The van der Waals surface area contributed by atoms with Gasteiger partial charge in [-0.05, 0) is 69.2 Å². The molecule has 3 aliphatic heterocycles. The van der Waals surface area contributed by atoms with Crippen LogP contribution < -0.4 is 4.90 Å². The molecule has 7 heterocycles. The molecule has 0 aliphatic carbocycles. The number of carbonyl (C=O) groups is 2. The third kappa shape index (κ3) is 7.01. The van der Waals surface area contributed by atoms with Crippen molar-refractivity contribution in [1.29, 1.82) is 0 Å². The molecule has 0 unspecified atom stereocenters. The van der Waals surface area contributed by atoms with Crippen LogP contribution in [0.3, 0.4) is 0 Å². The number of aldehydes is 1. The summed E-state index contributed by atoms with van der Waals surface area (Å²) < 4.78 is 10.0. The summed E-state index contributed by atoms with van der Waals surface area (Å²) >= 11 is 0. The molecule has 1 aromatic carbocycles. The van der Waals surface area contributed by atoms with Crippen molar-refractivity contribution in [2.45, 2.75) is 58.2 Å². The molecule has 0 bridgehead atoms. The highest BCUT2D eigenvalue weighted by Gasteiger charge is 2.29. The van der Waals surface area contributed by atoms with Crippen molar-refractivity contribution >= 4 is 28.8 Å². The fourth-order valence-electron chi connectivity index (χ4n) is 7.38. The predicted molar refractivity (Wildman–Crippen MR) is 189 cm³/mol. The number of rotatable bonds is 7. The minimum atomic E-state index is -1.06. The van der Waals surface area contributed by atoms with Crippen LogP contribution in [0.15, 0.2) is 55.0 Å². The lowest BCUT2D eigenvalue weighted by Crippen LogP contribution is -2.35. The monoisotopic (exact) mass is 677 g/mol. The van der Waals surface area contributed by atoms with Crippen LogP contribution in [0.4, 0.5) is 5.82 Å². The van der Waals surface area contributed by atoms with Crippen molar-refractivity contribution in [3.63, 3.8) is 0 Å². The minimum absolute atomic E-state index is 0.0381. The molecule has 0 radical (unpaired) electrons. The molecule has 50 heavy (non-hydrogen) atoms. The van der Waals surface area contributed by atoms with E-state index < -0.39 is 5.97 Å². The van der Waals surface area contributed by atoms with E-state index >= 15 is 0 Å². The van der Waals surface area contributed by atoms with Gasteiger partial charge in [-0.1, -0.05) is 18.2 Å². The summed E-state index contributed by atoms with van der Waals surface area (Å²) in [6.07, 6.45) is 11.8. The quantitative estimate of drug-likeness (QED) is 0.235. The van der Waals surface area contributed by atoms with Gasteiger partial charge in [0.15, 0.2) is 11.5 Å². The standard InChI is InChI=1S/C35H39N9O3.C2H4O/c1-41-12-9-32-29(22-41)34(40-44(32)26-10-15-47-16-11-26)27-4-2-3-24-17-31(36-19-28(24)27)25-18-37-43(21-25)20-23-7-13-42(14-8-23)33-6-5-30(35(45)46)38-39-33;1-2-3/h2-6,17-19,21,23,26H,7-16,20,22H2,1H3,(H,45,46);2H,1H3. The van der Waals surface area contributed by atoms with E-state index in [-0.39, 0.29) is 5.69 Å². The van der Waals surface area contributed by atoms with E-state index in [9.17, 15) is 4.79 Å². The summed E-state index contributed by atoms with van der Waals surface area (Å²) in [4.78, 5) is 29.4. The first-order valence-electron chi connectivity index (χ1n) is 17.4. The van der Waals surface area contributed by atoms with Crippen LogP contribution in [0.1, 0.15) is 60.4 Å². The maximum absolute atomic E-state index is 11.1. The largest absolute Gasteiger partial charge is 0.476 e. The Labute approximate surface area is 290 Å². The minimum Gasteiger partial charge on any atom is -0.476 e. The first-order valence-corrected chi connectivity index (χ1v) is 17.4. The molecule has 8 rings (SSSR count). The molecule has 0 amide bonds. The summed E-state index contributed by atoms with van der Waals surface area (Å²) in [5.41, 5.74) is 6.83. The van der Waals surface area contributed by atoms with Gasteiger partial charge in [0.25, 0.3) is 0 Å². The number of nitrogens with zero attached hydrogens (tertiary/aromatic N) is 9. The fraction of sp³-hybridized carbons (Fsp3) is 0.432. The van der Waals surface area contributed by atoms with E-state index in [1.165, 1.54) is 24.2 Å². The second kappa shape index (κ2) is 14.9. The summed E-state index contributed by atoms with van der Waals surface area (Å²) in [6, 6.07) is 12.3. The number of piperidine rings is 1. The van der Waals surface area contributed by atoms with Gasteiger partial charge in [-0.25, -0.2) is 4.79 Å². The lowest BCUT2D eigenvalue weighted by Gasteiger charge is -2.32. The third-order valence-corrected chi connectivity index (χ3v) is 10.0. The van der Waals surface area contributed by atoms with Crippen molar-refractivity contribution in [2.75, 3.05) is 44.8 Å². The van der Waals surface area contributed by atoms with Gasteiger partial charge in [0, 0.05) is 92.5 Å². The van der Waals surface area contributed by atoms with Crippen LogP contribution in [-0.2, 0) is 29.0 Å². The molecular formula is C37H43N9O4. The average molecular weight is 678 g/mol. The Morgan fingerprint density at radius 1 is 1.04 bits per heavy atom. The number of aromatic nitrogens is 7. The lowest BCUT2D eigenvalue weighted by atomic mass is 9.96. The zero-order valence-corrected chi connectivity index (χ0v) is 28.6. The van der Waals surface area contributed by atoms with E-state index in [0.717, 1.165) is 123 Å². The van der Waals surface area contributed by atoms with E-state index in [1.54, 1.807) is 6.07 Å².